The van der Waals surface area contributed by atoms with Crippen molar-refractivity contribution in [3.05, 3.63) is 46.4 Å². The first-order chi connectivity index (χ1) is 9.33. The van der Waals surface area contributed by atoms with Gasteiger partial charge in [0.15, 0.2) is 0 Å². The smallest absolute Gasteiger partial charge is 0.119 e. The van der Waals surface area contributed by atoms with Gasteiger partial charge in [-0.05, 0) is 30.5 Å². The first-order valence-electron chi connectivity index (χ1n) is 6.64. The fraction of sp³-hybridized carbons (Fsp3) is 0.400. The van der Waals surface area contributed by atoms with Gasteiger partial charge in [0.2, 0.25) is 0 Å². The molecule has 2 aromatic rings. The molecule has 0 saturated carbocycles. The maximum atomic E-state index is 5.87. The van der Waals surface area contributed by atoms with Crippen LogP contribution < -0.4 is 10.5 Å². The van der Waals surface area contributed by atoms with Crippen LogP contribution in [-0.4, -0.2) is 18.1 Å². The average molecular weight is 276 g/mol. The highest BCUT2D eigenvalue weighted by atomic mass is 32.1. The Morgan fingerprint density at radius 2 is 2.32 bits per heavy atom. The summed E-state index contributed by atoms with van der Waals surface area (Å²) in [4.78, 5) is 4.36. The first kappa shape index (κ1) is 14.0. The number of nitrogens with zero attached hydrogens (tertiary/aromatic N) is 1. The van der Waals surface area contributed by atoms with Crippen LogP contribution in [0.4, 0.5) is 0 Å². The summed E-state index contributed by atoms with van der Waals surface area (Å²) in [5, 5.41) is 3.11. The van der Waals surface area contributed by atoms with Crippen LogP contribution in [0.15, 0.2) is 35.8 Å². The van der Waals surface area contributed by atoms with Crippen molar-refractivity contribution in [3.63, 3.8) is 0 Å². The first-order valence-corrected chi connectivity index (χ1v) is 7.52. The van der Waals surface area contributed by atoms with Gasteiger partial charge in [0.05, 0.1) is 11.6 Å². The van der Waals surface area contributed by atoms with Gasteiger partial charge in [-0.25, -0.2) is 4.98 Å². The zero-order valence-electron chi connectivity index (χ0n) is 11.2. The number of thiazole rings is 1. The third kappa shape index (κ3) is 4.04. The Bertz CT molecular complexity index is 485. The molecule has 2 N–H and O–H groups in total. The van der Waals surface area contributed by atoms with E-state index in [0.29, 0.717) is 12.5 Å². The molecular weight excluding hydrogens is 256 g/mol. The number of hydrogen-bond donors (Lipinski definition) is 1. The summed E-state index contributed by atoms with van der Waals surface area (Å²) < 4.78 is 5.66. The minimum Gasteiger partial charge on any atom is -0.494 e. The van der Waals surface area contributed by atoms with Crippen molar-refractivity contribution in [1.82, 2.24) is 4.98 Å². The van der Waals surface area contributed by atoms with Crippen molar-refractivity contribution < 1.29 is 4.74 Å². The van der Waals surface area contributed by atoms with Crippen LogP contribution in [0.2, 0.25) is 0 Å². The van der Waals surface area contributed by atoms with Crippen molar-refractivity contribution in [1.29, 1.82) is 0 Å². The van der Waals surface area contributed by atoms with Crippen LogP contribution >= 0.6 is 11.3 Å². The molecule has 102 valence electrons. The number of benzene rings is 1. The second kappa shape index (κ2) is 7.26. The molecule has 1 aromatic carbocycles. The molecule has 0 bridgehead atoms. The highest BCUT2D eigenvalue weighted by Crippen LogP contribution is 2.23. The van der Waals surface area contributed by atoms with Crippen molar-refractivity contribution in [2.75, 3.05) is 13.2 Å². The Hall–Kier alpha value is -1.39. The van der Waals surface area contributed by atoms with E-state index in [0.717, 1.165) is 30.2 Å². The summed E-state index contributed by atoms with van der Waals surface area (Å²) in [5.74, 6) is 1.23. The fourth-order valence-corrected chi connectivity index (χ4v) is 2.73. The molecule has 19 heavy (non-hydrogen) atoms. The maximum absolute atomic E-state index is 5.87. The molecule has 1 aromatic heterocycles. The van der Waals surface area contributed by atoms with Crippen LogP contribution in [0.3, 0.4) is 0 Å². The Morgan fingerprint density at radius 3 is 3.00 bits per heavy atom. The molecule has 2 rings (SSSR count). The standard InChI is InChI=1S/C15H20N2OS/c1-2-7-18-14-5-3-4-12(10-14)9-13(11-16)15-17-6-8-19-15/h3-6,8,10,13H,2,7,9,11,16H2,1H3. The molecule has 0 aliphatic rings. The van der Waals surface area contributed by atoms with Gasteiger partial charge >= 0.3 is 0 Å². The van der Waals surface area contributed by atoms with Crippen LogP contribution in [0, 0.1) is 0 Å². The predicted molar refractivity (Wildman–Crippen MR) is 79.8 cm³/mol. The van der Waals surface area contributed by atoms with Gasteiger partial charge in [-0.3, -0.25) is 0 Å². The normalized spacial score (nSPS) is 12.3. The predicted octanol–water partition coefficient (Wildman–Crippen LogP) is 3.22. The molecule has 0 amide bonds. The van der Waals surface area contributed by atoms with E-state index in [4.69, 9.17) is 10.5 Å². The second-order valence-corrected chi connectivity index (χ2v) is 5.43. The molecule has 0 radical (unpaired) electrons. The molecule has 4 heteroatoms. The Labute approximate surface area is 118 Å². The molecule has 0 aliphatic heterocycles. The topological polar surface area (TPSA) is 48.1 Å². The summed E-state index contributed by atoms with van der Waals surface area (Å²) in [5.41, 5.74) is 7.11. The lowest BCUT2D eigenvalue weighted by Crippen LogP contribution is -2.14. The van der Waals surface area contributed by atoms with E-state index in [1.807, 2.05) is 23.7 Å². The molecule has 0 fully saturated rings. The zero-order chi connectivity index (χ0) is 13.5. The lowest BCUT2D eigenvalue weighted by molar-refractivity contribution is 0.317. The minimum absolute atomic E-state index is 0.293. The summed E-state index contributed by atoms with van der Waals surface area (Å²) in [6.45, 7) is 3.49. The third-order valence-corrected chi connectivity index (χ3v) is 3.88. The summed E-state index contributed by atoms with van der Waals surface area (Å²) in [6, 6.07) is 8.26. The van der Waals surface area contributed by atoms with Gasteiger partial charge in [0, 0.05) is 24.0 Å². The lowest BCUT2D eigenvalue weighted by Gasteiger charge is -2.13. The minimum atomic E-state index is 0.293. The van der Waals surface area contributed by atoms with E-state index in [-0.39, 0.29) is 0 Å². The number of aromatic nitrogens is 1. The largest absolute Gasteiger partial charge is 0.494 e. The second-order valence-electron chi connectivity index (χ2n) is 4.50. The summed E-state index contributed by atoms with van der Waals surface area (Å²) in [7, 11) is 0. The summed E-state index contributed by atoms with van der Waals surface area (Å²) >= 11 is 1.67. The van der Waals surface area contributed by atoms with E-state index in [9.17, 15) is 0 Å². The monoisotopic (exact) mass is 276 g/mol. The highest BCUT2D eigenvalue weighted by Gasteiger charge is 2.13. The van der Waals surface area contributed by atoms with Crippen LogP contribution in [-0.2, 0) is 6.42 Å². The average Bonchev–Trinajstić information content (AvgIpc) is 2.97. The molecule has 1 atom stereocenters. The van der Waals surface area contributed by atoms with E-state index >= 15 is 0 Å². The Kier molecular flexibility index (Phi) is 5.36. The lowest BCUT2D eigenvalue weighted by atomic mass is 10.00. The van der Waals surface area contributed by atoms with Gasteiger partial charge in [-0.2, -0.15) is 0 Å². The van der Waals surface area contributed by atoms with Gasteiger partial charge in [-0.15, -0.1) is 11.3 Å². The Morgan fingerprint density at radius 1 is 1.42 bits per heavy atom. The number of ether oxygens (including phenoxy) is 1. The number of nitrogens with two attached hydrogens (primary N) is 1. The van der Waals surface area contributed by atoms with E-state index in [1.165, 1.54) is 5.56 Å². The maximum Gasteiger partial charge on any atom is 0.119 e. The quantitative estimate of drug-likeness (QED) is 0.844. The molecular formula is C15H20N2OS. The third-order valence-electron chi connectivity index (χ3n) is 2.94. The van der Waals surface area contributed by atoms with Crippen molar-refractivity contribution in [2.45, 2.75) is 25.7 Å². The van der Waals surface area contributed by atoms with E-state index in [1.54, 1.807) is 11.3 Å². The van der Waals surface area contributed by atoms with Crippen LogP contribution in [0.1, 0.15) is 29.8 Å². The SMILES string of the molecule is CCCOc1cccc(CC(CN)c2nccs2)c1. The van der Waals surface area contributed by atoms with Crippen LogP contribution in [0.5, 0.6) is 5.75 Å². The highest BCUT2D eigenvalue weighted by molar-refractivity contribution is 7.09. The van der Waals surface area contributed by atoms with Crippen LogP contribution in [0.25, 0.3) is 0 Å². The molecule has 0 aliphatic carbocycles. The Balaban J connectivity index is 2.05. The van der Waals surface area contributed by atoms with Crippen molar-refractivity contribution in [3.8, 4) is 5.75 Å². The molecule has 1 unspecified atom stereocenters. The fourth-order valence-electron chi connectivity index (χ4n) is 1.97. The number of hydrogen-bond acceptors (Lipinski definition) is 4. The van der Waals surface area contributed by atoms with Gasteiger partial charge < -0.3 is 10.5 Å². The van der Waals surface area contributed by atoms with Crippen molar-refractivity contribution >= 4 is 11.3 Å². The van der Waals surface area contributed by atoms with Gasteiger partial charge in [0.25, 0.3) is 0 Å². The summed E-state index contributed by atoms with van der Waals surface area (Å²) in [6.07, 6.45) is 3.77. The zero-order valence-corrected chi connectivity index (χ0v) is 12.0. The molecule has 3 nitrogen and oxygen atoms in total. The van der Waals surface area contributed by atoms with Gasteiger partial charge in [-0.1, -0.05) is 19.1 Å². The number of rotatable bonds is 7. The molecule has 1 heterocycles. The van der Waals surface area contributed by atoms with Crippen molar-refractivity contribution in [2.24, 2.45) is 5.73 Å². The van der Waals surface area contributed by atoms with Gasteiger partial charge in [0.1, 0.15) is 5.75 Å². The van der Waals surface area contributed by atoms with E-state index < -0.39 is 0 Å². The molecule has 0 spiro atoms. The molecule has 0 saturated heterocycles. The van der Waals surface area contributed by atoms with E-state index in [2.05, 4.69) is 24.0 Å².